The van der Waals surface area contributed by atoms with Crippen molar-refractivity contribution in [3.63, 3.8) is 0 Å². The zero-order chi connectivity index (χ0) is 8.27. The van der Waals surface area contributed by atoms with Gasteiger partial charge in [-0.25, -0.2) is 0 Å². The lowest BCUT2D eigenvalue weighted by Crippen LogP contribution is -2.16. The van der Waals surface area contributed by atoms with Crippen molar-refractivity contribution >= 4 is 5.91 Å². The van der Waals surface area contributed by atoms with E-state index in [2.05, 4.69) is 10.3 Å². The summed E-state index contributed by atoms with van der Waals surface area (Å²) in [7, 11) is 1.54. The van der Waals surface area contributed by atoms with Gasteiger partial charge in [0.1, 0.15) is 11.8 Å². The Bertz CT molecular complexity index is 308. The van der Waals surface area contributed by atoms with Gasteiger partial charge in [-0.2, -0.15) is 5.26 Å². The van der Waals surface area contributed by atoms with Crippen molar-refractivity contribution in [1.29, 1.82) is 5.26 Å². The third-order valence-corrected chi connectivity index (χ3v) is 1.29. The average Bonchev–Trinajstić information content (AvgIpc) is 2.50. The number of nitriles is 1. The molecule has 0 unspecified atom stereocenters. The van der Waals surface area contributed by atoms with Crippen LogP contribution in [0.3, 0.4) is 0 Å². The highest BCUT2D eigenvalue weighted by Crippen LogP contribution is 2.00. The number of nitrogens with zero attached hydrogens (tertiary/aromatic N) is 1. The first-order chi connectivity index (χ1) is 5.27. The summed E-state index contributed by atoms with van der Waals surface area (Å²) in [6.07, 6.45) is 1.50. The van der Waals surface area contributed by atoms with Crippen LogP contribution in [0.15, 0.2) is 12.3 Å². The fraction of sp³-hybridized carbons (Fsp3) is 0.143. The number of aromatic nitrogens is 1. The van der Waals surface area contributed by atoms with Crippen LogP contribution in [-0.2, 0) is 0 Å². The Morgan fingerprint density at radius 1 is 1.82 bits per heavy atom. The molecule has 1 heterocycles. The molecule has 0 saturated carbocycles. The Hall–Kier alpha value is -1.76. The Morgan fingerprint density at radius 2 is 2.55 bits per heavy atom. The first-order valence-corrected chi connectivity index (χ1v) is 3.08. The van der Waals surface area contributed by atoms with Gasteiger partial charge in [-0.3, -0.25) is 4.79 Å². The van der Waals surface area contributed by atoms with Crippen LogP contribution in [0.5, 0.6) is 0 Å². The monoisotopic (exact) mass is 149 g/mol. The van der Waals surface area contributed by atoms with Gasteiger partial charge in [0.25, 0.3) is 5.91 Å². The zero-order valence-corrected chi connectivity index (χ0v) is 6.01. The molecule has 1 aromatic heterocycles. The largest absolute Gasteiger partial charge is 0.355 e. The van der Waals surface area contributed by atoms with E-state index < -0.39 is 0 Å². The summed E-state index contributed by atoms with van der Waals surface area (Å²) in [6.45, 7) is 0. The molecule has 0 aliphatic rings. The highest BCUT2D eigenvalue weighted by Gasteiger charge is 2.04. The molecule has 0 aliphatic heterocycles. The standard InChI is InChI=1S/C7H7N3O/c1-9-7(11)5-2-6(3-8)10-4-5/h2,4,10H,1H3,(H,9,11). The molecule has 0 aliphatic carbocycles. The third kappa shape index (κ3) is 1.38. The maximum absolute atomic E-state index is 10.9. The van der Waals surface area contributed by atoms with Gasteiger partial charge < -0.3 is 10.3 Å². The molecule has 1 amide bonds. The van der Waals surface area contributed by atoms with E-state index in [0.29, 0.717) is 11.3 Å². The third-order valence-electron chi connectivity index (χ3n) is 1.29. The lowest BCUT2D eigenvalue weighted by Gasteiger charge is -1.90. The maximum Gasteiger partial charge on any atom is 0.252 e. The second-order valence-corrected chi connectivity index (χ2v) is 1.99. The minimum Gasteiger partial charge on any atom is -0.355 e. The van der Waals surface area contributed by atoms with Crippen LogP contribution in [0.1, 0.15) is 16.1 Å². The second-order valence-electron chi connectivity index (χ2n) is 1.99. The second kappa shape index (κ2) is 2.88. The number of carbonyl (C=O) groups excluding carboxylic acids is 1. The summed E-state index contributed by atoms with van der Waals surface area (Å²) in [4.78, 5) is 13.6. The van der Waals surface area contributed by atoms with Gasteiger partial charge in [-0.15, -0.1) is 0 Å². The molecule has 0 spiro atoms. The Balaban J connectivity index is 2.91. The number of H-pyrrole nitrogens is 1. The number of hydrogen-bond acceptors (Lipinski definition) is 2. The average molecular weight is 149 g/mol. The fourth-order valence-corrected chi connectivity index (χ4v) is 0.734. The van der Waals surface area contributed by atoms with Gasteiger partial charge in [-0.1, -0.05) is 0 Å². The number of amides is 1. The quantitative estimate of drug-likeness (QED) is 0.600. The van der Waals surface area contributed by atoms with E-state index in [0.717, 1.165) is 0 Å². The first-order valence-electron chi connectivity index (χ1n) is 3.08. The number of nitrogens with one attached hydrogen (secondary N) is 2. The predicted octanol–water partition coefficient (Wildman–Crippen LogP) is 0.246. The van der Waals surface area contributed by atoms with Crippen LogP contribution in [-0.4, -0.2) is 17.9 Å². The minimum atomic E-state index is -0.192. The molecular formula is C7H7N3O. The van der Waals surface area contributed by atoms with Gasteiger partial charge in [-0.05, 0) is 6.07 Å². The Kier molecular flexibility index (Phi) is 1.93. The summed E-state index contributed by atoms with van der Waals surface area (Å²) in [5.41, 5.74) is 0.868. The normalized spacial score (nSPS) is 8.73. The molecule has 4 heteroatoms. The molecule has 1 aromatic rings. The highest BCUT2D eigenvalue weighted by atomic mass is 16.1. The van der Waals surface area contributed by atoms with Gasteiger partial charge in [0.15, 0.2) is 0 Å². The molecule has 11 heavy (non-hydrogen) atoms. The van der Waals surface area contributed by atoms with Crippen molar-refractivity contribution in [3.05, 3.63) is 23.5 Å². The Labute approximate surface area is 63.8 Å². The van der Waals surface area contributed by atoms with Crippen molar-refractivity contribution in [2.24, 2.45) is 0 Å². The van der Waals surface area contributed by atoms with Crippen LogP contribution in [0.25, 0.3) is 0 Å². The van der Waals surface area contributed by atoms with Gasteiger partial charge in [0.05, 0.1) is 5.56 Å². The lowest BCUT2D eigenvalue weighted by atomic mass is 10.3. The van der Waals surface area contributed by atoms with Crippen molar-refractivity contribution in [3.8, 4) is 6.07 Å². The van der Waals surface area contributed by atoms with E-state index in [1.54, 1.807) is 7.05 Å². The Morgan fingerprint density at radius 3 is 3.00 bits per heavy atom. The molecular weight excluding hydrogens is 142 g/mol. The highest BCUT2D eigenvalue weighted by molar-refractivity contribution is 5.94. The van der Waals surface area contributed by atoms with Crippen LogP contribution < -0.4 is 5.32 Å². The molecule has 0 fully saturated rings. The van der Waals surface area contributed by atoms with E-state index in [-0.39, 0.29) is 5.91 Å². The molecule has 56 valence electrons. The summed E-state index contributed by atoms with van der Waals surface area (Å²) in [6, 6.07) is 3.39. The SMILES string of the molecule is CNC(=O)c1c[nH]c(C#N)c1. The number of rotatable bonds is 1. The minimum absolute atomic E-state index is 0.192. The topological polar surface area (TPSA) is 68.7 Å². The van der Waals surface area contributed by atoms with Crippen LogP contribution in [0.4, 0.5) is 0 Å². The van der Waals surface area contributed by atoms with Gasteiger partial charge in [0, 0.05) is 13.2 Å². The van der Waals surface area contributed by atoms with Gasteiger partial charge >= 0.3 is 0 Å². The van der Waals surface area contributed by atoms with Crippen LogP contribution in [0.2, 0.25) is 0 Å². The zero-order valence-electron chi connectivity index (χ0n) is 6.01. The van der Waals surface area contributed by atoms with E-state index in [1.165, 1.54) is 12.3 Å². The van der Waals surface area contributed by atoms with Crippen molar-refractivity contribution in [2.75, 3.05) is 7.05 Å². The smallest absolute Gasteiger partial charge is 0.252 e. The first kappa shape index (κ1) is 7.35. The van der Waals surface area contributed by atoms with Crippen molar-refractivity contribution in [1.82, 2.24) is 10.3 Å². The van der Waals surface area contributed by atoms with E-state index in [1.807, 2.05) is 6.07 Å². The summed E-state index contributed by atoms with van der Waals surface area (Å²) in [5.74, 6) is -0.192. The molecule has 4 nitrogen and oxygen atoms in total. The molecule has 2 N–H and O–H groups in total. The van der Waals surface area contributed by atoms with Gasteiger partial charge in [0.2, 0.25) is 0 Å². The number of hydrogen-bond donors (Lipinski definition) is 2. The molecule has 0 atom stereocenters. The van der Waals surface area contributed by atoms with E-state index >= 15 is 0 Å². The number of aromatic amines is 1. The maximum atomic E-state index is 10.9. The molecule has 0 bridgehead atoms. The predicted molar refractivity (Wildman–Crippen MR) is 38.9 cm³/mol. The molecule has 0 radical (unpaired) electrons. The summed E-state index contributed by atoms with van der Waals surface area (Å²) < 4.78 is 0. The van der Waals surface area contributed by atoms with E-state index in [9.17, 15) is 4.79 Å². The van der Waals surface area contributed by atoms with Crippen LogP contribution in [0, 0.1) is 11.3 Å². The van der Waals surface area contributed by atoms with E-state index in [4.69, 9.17) is 5.26 Å². The lowest BCUT2D eigenvalue weighted by molar-refractivity contribution is 0.0963. The van der Waals surface area contributed by atoms with Crippen LogP contribution >= 0.6 is 0 Å². The number of carbonyl (C=O) groups is 1. The molecule has 0 saturated heterocycles. The van der Waals surface area contributed by atoms with Crippen molar-refractivity contribution in [2.45, 2.75) is 0 Å². The summed E-state index contributed by atoms with van der Waals surface area (Å²) >= 11 is 0. The molecule has 0 aromatic carbocycles. The summed E-state index contributed by atoms with van der Waals surface area (Å²) in [5, 5.41) is 10.8. The molecule has 1 rings (SSSR count). The fourth-order valence-electron chi connectivity index (χ4n) is 0.734. The van der Waals surface area contributed by atoms with Crippen molar-refractivity contribution < 1.29 is 4.79 Å².